The number of hydrogen-bond acceptors (Lipinski definition) is 1. The largest absolute Gasteiger partial charge is 0.274 e. The lowest BCUT2D eigenvalue weighted by Crippen LogP contribution is -2.15. The molecule has 0 fully saturated rings. The second-order valence-corrected chi connectivity index (χ2v) is 4.06. The molecule has 1 aliphatic rings. The Morgan fingerprint density at radius 1 is 1.36 bits per heavy atom. The molecule has 1 aromatic rings. The maximum Gasteiger partial charge on any atom is 0.127 e. The number of aliphatic imine (C=N–C) groups is 1. The lowest BCUT2D eigenvalue weighted by molar-refractivity contribution is 0.698. The van der Waals surface area contributed by atoms with Gasteiger partial charge in [0, 0.05) is 12.1 Å². The molecule has 0 saturated carbocycles. The van der Waals surface area contributed by atoms with Crippen LogP contribution in [0.2, 0.25) is 0 Å². The summed E-state index contributed by atoms with van der Waals surface area (Å²) < 4.78 is 0. The van der Waals surface area contributed by atoms with Gasteiger partial charge in [0.15, 0.2) is 0 Å². The SMILES string of the molecule is C=C(C)CC1(c2ccccc2)N=C1C. The highest BCUT2D eigenvalue weighted by molar-refractivity contribution is 6.04. The molecule has 2 rings (SSSR count). The van der Waals surface area contributed by atoms with E-state index in [2.05, 4.69) is 49.7 Å². The zero-order chi connectivity index (χ0) is 10.2. The Labute approximate surface area is 85.2 Å². The van der Waals surface area contributed by atoms with E-state index in [0.717, 1.165) is 6.42 Å². The van der Waals surface area contributed by atoms with Crippen molar-refractivity contribution in [3.63, 3.8) is 0 Å². The van der Waals surface area contributed by atoms with Crippen LogP contribution in [0.4, 0.5) is 0 Å². The van der Waals surface area contributed by atoms with Crippen LogP contribution >= 0.6 is 0 Å². The first-order chi connectivity index (χ1) is 6.65. The van der Waals surface area contributed by atoms with Crippen LogP contribution in [0.15, 0.2) is 47.5 Å². The predicted molar refractivity (Wildman–Crippen MR) is 60.7 cm³/mol. The summed E-state index contributed by atoms with van der Waals surface area (Å²) in [6.07, 6.45) is 0.947. The minimum atomic E-state index is -0.0346. The molecule has 0 radical (unpaired) electrons. The molecule has 0 N–H and O–H groups in total. The number of rotatable bonds is 3. The fraction of sp³-hybridized carbons (Fsp3) is 0.308. The third-order valence-electron chi connectivity index (χ3n) is 2.72. The van der Waals surface area contributed by atoms with Crippen molar-refractivity contribution >= 4 is 5.71 Å². The normalized spacial score (nSPS) is 24.3. The zero-order valence-electron chi connectivity index (χ0n) is 8.75. The third-order valence-corrected chi connectivity index (χ3v) is 2.72. The summed E-state index contributed by atoms with van der Waals surface area (Å²) >= 11 is 0. The van der Waals surface area contributed by atoms with Gasteiger partial charge in [-0.15, -0.1) is 6.58 Å². The maximum atomic E-state index is 4.55. The summed E-state index contributed by atoms with van der Waals surface area (Å²) in [6.45, 7) is 8.12. The maximum absolute atomic E-state index is 4.55. The van der Waals surface area contributed by atoms with E-state index in [1.165, 1.54) is 16.8 Å². The summed E-state index contributed by atoms with van der Waals surface area (Å²) in [4.78, 5) is 4.55. The Balaban J connectivity index is 2.28. The molecule has 1 nitrogen and oxygen atoms in total. The number of benzene rings is 1. The molecule has 1 aliphatic heterocycles. The molecule has 0 amide bonds. The van der Waals surface area contributed by atoms with E-state index in [9.17, 15) is 0 Å². The fourth-order valence-corrected chi connectivity index (χ4v) is 1.95. The molecular weight excluding hydrogens is 170 g/mol. The van der Waals surface area contributed by atoms with Crippen molar-refractivity contribution in [3.8, 4) is 0 Å². The van der Waals surface area contributed by atoms with Gasteiger partial charge in [-0.2, -0.15) is 0 Å². The van der Waals surface area contributed by atoms with Gasteiger partial charge in [-0.25, -0.2) is 0 Å². The second-order valence-electron chi connectivity index (χ2n) is 4.06. The van der Waals surface area contributed by atoms with Gasteiger partial charge in [0.2, 0.25) is 0 Å². The Morgan fingerprint density at radius 2 is 1.93 bits per heavy atom. The Morgan fingerprint density at radius 3 is 2.36 bits per heavy atom. The van der Waals surface area contributed by atoms with E-state index in [4.69, 9.17) is 0 Å². The van der Waals surface area contributed by atoms with Gasteiger partial charge < -0.3 is 0 Å². The quantitative estimate of drug-likeness (QED) is 0.640. The van der Waals surface area contributed by atoms with Crippen molar-refractivity contribution < 1.29 is 0 Å². The Kier molecular flexibility index (Phi) is 2.03. The molecule has 0 spiro atoms. The summed E-state index contributed by atoms with van der Waals surface area (Å²) in [6, 6.07) is 10.5. The molecular formula is C13H15N. The minimum Gasteiger partial charge on any atom is -0.274 e. The molecule has 0 aliphatic carbocycles. The van der Waals surface area contributed by atoms with Crippen LogP contribution in [0.25, 0.3) is 0 Å². The summed E-state index contributed by atoms with van der Waals surface area (Å²) in [7, 11) is 0. The number of nitrogens with zero attached hydrogens (tertiary/aromatic N) is 1. The van der Waals surface area contributed by atoms with Crippen molar-refractivity contribution in [2.24, 2.45) is 4.99 Å². The zero-order valence-corrected chi connectivity index (χ0v) is 8.75. The average molecular weight is 185 g/mol. The van der Waals surface area contributed by atoms with Gasteiger partial charge in [-0.3, -0.25) is 4.99 Å². The molecule has 0 aromatic heterocycles. The molecule has 1 heterocycles. The van der Waals surface area contributed by atoms with E-state index < -0.39 is 0 Å². The fourth-order valence-electron chi connectivity index (χ4n) is 1.95. The van der Waals surface area contributed by atoms with Crippen molar-refractivity contribution in [3.05, 3.63) is 48.0 Å². The van der Waals surface area contributed by atoms with Crippen LogP contribution in [0.3, 0.4) is 0 Å². The van der Waals surface area contributed by atoms with E-state index in [1.807, 2.05) is 6.07 Å². The first kappa shape index (κ1) is 9.20. The minimum absolute atomic E-state index is 0.0346. The predicted octanol–water partition coefficient (Wildman–Crippen LogP) is 3.32. The van der Waals surface area contributed by atoms with Gasteiger partial charge in [0.1, 0.15) is 5.54 Å². The van der Waals surface area contributed by atoms with E-state index in [1.54, 1.807) is 0 Å². The molecule has 1 unspecified atom stereocenters. The third kappa shape index (κ3) is 1.39. The highest BCUT2D eigenvalue weighted by Gasteiger charge is 2.45. The standard InChI is InChI=1S/C13H15N/c1-10(2)9-13(11(3)14-13)12-7-5-4-6-8-12/h4-8H,1,9H2,2-3H3. The molecule has 1 aromatic carbocycles. The highest BCUT2D eigenvalue weighted by Crippen LogP contribution is 2.43. The monoisotopic (exact) mass is 185 g/mol. The summed E-state index contributed by atoms with van der Waals surface area (Å²) in [5.74, 6) is 0. The van der Waals surface area contributed by atoms with Crippen molar-refractivity contribution in [2.75, 3.05) is 0 Å². The van der Waals surface area contributed by atoms with Crippen LogP contribution in [-0.4, -0.2) is 5.71 Å². The van der Waals surface area contributed by atoms with Crippen LogP contribution in [0.5, 0.6) is 0 Å². The van der Waals surface area contributed by atoms with Gasteiger partial charge >= 0.3 is 0 Å². The average Bonchev–Trinajstić information content (AvgIpc) is 2.78. The van der Waals surface area contributed by atoms with Crippen molar-refractivity contribution in [1.82, 2.24) is 0 Å². The molecule has 1 heteroatoms. The molecule has 0 bridgehead atoms. The van der Waals surface area contributed by atoms with Gasteiger partial charge in [-0.1, -0.05) is 35.9 Å². The van der Waals surface area contributed by atoms with E-state index in [-0.39, 0.29) is 5.54 Å². The molecule has 0 saturated heterocycles. The Bertz CT molecular complexity index is 389. The van der Waals surface area contributed by atoms with Crippen LogP contribution in [-0.2, 0) is 5.54 Å². The van der Waals surface area contributed by atoms with E-state index in [0.29, 0.717) is 0 Å². The first-order valence-corrected chi connectivity index (χ1v) is 4.92. The van der Waals surface area contributed by atoms with E-state index >= 15 is 0 Å². The van der Waals surface area contributed by atoms with Gasteiger partial charge in [0.25, 0.3) is 0 Å². The van der Waals surface area contributed by atoms with Crippen LogP contribution in [0, 0.1) is 0 Å². The topological polar surface area (TPSA) is 12.4 Å². The lowest BCUT2D eigenvalue weighted by Gasteiger charge is -2.15. The van der Waals surface area contributed by atoms with Crippen molar-refractivity contribution in [2.45, 2.75) is 25.8 Å². The van der Waals surface area contributed by atoms with Gasteiger partial charge in [0.05, 0.1) is 0 Å². The van der Waals surface area contributed by atoms with Crippen molar-refractivity contribution in [1.29, 1.82) is 0 Å². The second kappa shape index (κ2) is 3.09. The van der Waals surface area contributed by atoms with Gasteiger partial charge in [-0.05, 0) is 19.4 Å². The molecule has 14 heavy (non-hydrogen) atoms. The lowest BCUT2D eigenvalue weighted by atomic mass is 9.88. The summed E-state index contributed by atoms with van der Waals surface area (Å²) in [5, 5.41) is 0. The first-order valence-electron chi connectivity index (χ1n) is 4.92. The molecule has 72 valence electrons. The van der Waals surface area contributed by atoms with Crippen LogP contribution < -0.4 is 0 Å². The van der Waals surface area contributed by atoms with Crippen LogP contribution in [0.1, 0.15) is 25.8 Å². The molecule has 1 atom stereocenters. The smallest absolute Gasteiger partial charge is 0.127 e. The Hall–Kier alpha value is -1.37. The number of hydrogen-bond donors (Lipinski definition) is 0. The summed E-state index contributed by atoms with van der Waals surface area (Å²) in [5.41, 5.74) is 3.68. The highest BCUT2D eigenvalue weighted by atomic mass is 15.0.